The summed E-state index contributed by atoms with van der Waals surface area (Å²) >= 11 is 8.30. The average Bonchev–Trinajstić information content (AvgIpc) is 2.04. The van der Waals surface area contributed by atoms with Crippen LogP contribution in [0.1, 0.15) is 11.1 Å². The molecule has 0 saturated carbocycles. The monoisotopic (exact) mass is 293 g/mol. The number of halogens is 2. The minimum absolute atomic E-state index is 0.861. The molecule has 0 saturated heterocycles. The highest BCUT2D eigenvalue weighted by atomic mass is 127. The van der Waals surface area contributed by atoms with Crippen LogP contribution in [0.15, 0.2) is 12.1 Å². The maximum Gasteiger partial charge on any atom is 0.0419 e. The fraction of sp³-hybridized carbons (Fsp3) is 0.333. The molecule has 0 bridgehead atoms. The SMILES string of the molecule is Clc1cc(I)c2c(c1)CCNC2. The summed E-state index contributed by atoms with van der Waals surface area (Å²) in [4.78, 5) is 0. The fourth-order valence-electron chi connectivity index (χ4n) is 1.51. The summed E-state index contributed by atoms with van der Waals surface area (Å²) in [5.74, 6) is 0. The molecule has 0 radical (unpaired) electrons. The van der Waals surface area contributed by atoms with Crippen LogP contribution < -0.4 is 5.32 Å². The Hall–Kier alpha value is 0.200. The predicted molar refractivity (Wildman–Crippen MR) is 59.6 cm³/mol. The standard InChI is InChI=1S/C9H9ClIN/c10-7-3-6-1-2-12-5-8(6)9(11)4-7/h3-4,12H,1-2,5H2. The van der Waals surface area contributed by atoms with Gasteiger partial charge in [0.05, 0.1) is 0 Å². The normalized spacial score (nSPS) is 15.8. The summed E-state index contributed by atoms with van der Waals surface area (Å²) < 4.78 is 1.28. The van der Waals surface area contributed by atoms with Gasteiger partial charge in [-0.05, 0) is 58.8 Å². The topological polar surface area (TPSA) is 12.0 Å². The van der Waals surface area contributed by atoms with E-state index in [-0.39, 0.29) is 0 Å². The van der Waals surface area contributed by atoms with E-state index in [9.17, 15) is 0 Å². The second kappa shape index (κ2) is 3.52. The molecule has 0 spiro atoms. The molecular formula is C9H9ClIN. The van der Waals surface area contributed by atoms with Crippen molar-refractivity contribution in [2.75, 3.05) is 6.54 Å². The van der Waals surface area contributed by atoms with Crippen molar-refractivity contribution in [2.24, 2.45) is 0 Å². The van der Waals surface area contributed by atoms with E-state index in [4.69, 9.17) is 11.6 Å². The van der Waals surface area contributed by atoms with Crippen molar-refractivity contribution in [3.05, 3.63) is 31.9 Å². The first kappa shape index (κ1) is 8.78. The van der Waals surface area contributed by atoms with Gasteiger partial charge in [-0.2, -0.15) is 0 Å². The first-order chi connectivity index (χ1) is 5.77. The van der Waals surface area contributed by atoms with E-state index in [2.05, 4.69) is 34.0 Å². The highest BCUT2D eigenvalue weighted by molar-refractivity contribution is 14.1. The van der Waals surface area contributed by atoms with Gasteiger partial charge in [0, 0.05) is 15.1 Å². The van der Waals surface area contributed by atoms with Gasteiger partial charge in [-0.3, -0.25) is 0 Å². The molecule has 1 aromatic rings. The molecular weight excluding hydrogens is 284 g/mol. The lowest BCUT2D eigenvalue weighted by molar-refractivity contribution is 0.641. The van der Waals surface area contributed by atoms with Crippen LogP contribution in [0.5, 0.6) is 0 Å². The summed E-state index contributed by atoms with van der Waals surface area (Å²) in [6.45, 7) is 2.06. The van der Waals surface area contributed by atoms with Crippen molar-refractivity contribution < 1.29 is 0 Å². The van der Waals surface area contributed by atoms with Crippen LogP contribution in [0.2, 0.25) is 5.02 Å². The van der Waals surface area contributed by atoms with Gasteiger partial charge in [0.2, 0.25) is 0 Å². The van der Waals surface area contributed by atoms with Crippen LogP contribution in [-0.4, -0.2) is 6.54 Å². The molecule has 2 rings (SSSR count). The molecule has 0 atom stereocenters. The number of benzene rings is 1. The van der Waals surface area contributed by atoms with Crippen LogP contribution in [0, 0.1) is 3.57 Å². The fourth-order valence-corrected chi connectivity index (χ4v) is 2.81. The molecule has 0 amide bonds. The second-order valence-corrected chi connectivity index (χ2v) is 4.55. The summed E-state index contributed by atoms with van der Waals surface area (Å²) in [6, 6.07) is 4.10. The summed E-state index contributed by atoms with van der Waals surface area (Å²) in [7, 11) is 0. The number of hydrogen-bond acceptors (Lipinski definition) is 1. The lowest BCUT2D eigenvalue weighted by atomic mass is 10.0. The van der Waals surface area contributed by atoms with Gasteiger partial charge in [0.1, 0.15) is 0 Å². The van der Waals surface area contributed by atoms with Crippen molar-refractivity contribution in [1.29, 1.82) is 0 Å². The molecule has 1 aliphatic rings. The van der Waals surface area contributed by atoms with Gasteiger partial charge in [-0.15, -0.1) is 0 Å². The van der Waals surface area contributed by atoms with Crippen molar-refractivity contribution in [3.63, 3.8) is 0 Å². The Morgan fingerprint density at radius 3 is 3.08 bits per heavy atom. The Labute approximate surface area is 90.6 Å². The Morgan fingerprint density at radius 1 is 1.42 bits per heavy atom. The van der Waals surface area contributed by atoms with Crippen molar-refractivity contribution in [1.82, 2.24) is 5.32 Å². The molecule has 0 fully saturated rings. The number of fused-ring (bicyclic) bond motifs is 1. The zero-order chi connectivity index (χ0) is 8.55. The third-order valence-corrected chi connectivity index (χ3v) is 3.31. The first-order valence-electron chi connectivity index (χ1n) is 3.95. The molecule has 1 nitrogen and oxygen atoms in total. The van der Waals surface area contributed by atoms with E-state index in [0.29, 0.717) is 0 Å². The van der Waals surface area contributed by atoms with E-state index in [0.717, 1.165) is 24.5 Å². The first-order valence-corrected chi connectivity index (χ1v) is 5.40. The Balaban J connectivity index is 2.53. The Kier molecular flexibility index (Phi) is 2.57. The number of nitrogens with one attached hydrogen (secondary N) is 1. The summed E-state index contributed by atoms with van der Waals surface area (Å²) in [5, 5.41) is 4.21. The third kappa shape index (κ3) is 1.60. The highest BCUT2D eigenvalue weighted by Crippen LogP contribution is 2.24. The zero-order valence-corrected chi connectivity index (χ0v) is 9.45. The van der Waals surface area contributed by atoms with E-state index in [1.165, 1.54) is 14.7 Å². The molecule has 0 aromatic heterocycles. The molecule has 1 aliphatic heterocycles. The predicted octanol–water partition coefficient (Wildman–Crippen LogP) is 2.59. The molecule has 3 heteroatoms. The van der Waals surface area contributed by atoms with E-state index < -0.39 is 0 Å². The molecule has 1 heterocycles. The minimum Gasteiger partial charge on any atom is -0.312 e. The molecule has 1 N–H and O–H groups in total. The van der Waals surface area contributed by atoms with Crippen LogP contribution in [0.3, 0.4) is 0 Å². The van der Waals surface area contributed by atoms with Crippen molar-refractivity contribution >= 4 is 34.2 Å². The van der Waals surface area contributed by atoms with Crippen molar-refractivity contribution in [3.8, 4) is 0 Å². The van der Waals surface area contributed by atoms with E-state index in [1.54, 1.807) is 0 Å². The third-order valence-electron chi connectivity index (χ3n) is 2.13. The van der Waals surface area contributed by atoms with Crippen LogP contribution >= 0.6 is 34.2 Å². The molecule has 0 aliphatic carbocycles. The molecule has 1 aromatic carbocycles. The van der Waals surface area contributed by atoms with Crippen LogP contribution in [0.4, 0.5) is 0 Å². The molecule has 64 valence electrons. The highest BCUT2D eigenvalue weighted by Gasteiger charge is 2.11. The van der Waals surface area contributed by atoms with Gasteiger partial charge in [-0.1, -0.05) is 11.6 Å². The quantitative estimate of drug-likeness (QED) is 0.725. The second-order valence-electron chi connectivity index (χ2n) is 2.95. The average molecular weight is 294 g/mol. The maximum absolute atomic E-state index is 5.96. The largest absolute Gasteiger partial charge is 0.312 e. The van der Waals surface area contributed by atoms with Crippen LogP contribution in [0.25, 0.3) is 0 Å². The van der Waals surface area contributed by atoms with Gasteiger partial charge >= 0.3 is 0 Å². The summed E-state index contributed by atoms with van der Waals surface area (Å²) in [5.41, 5.74) is 2.83. The number of hydrogen-bond donors (Lipinski definition) is 1. The smallest absolute Gasteiger partial charge is 0.0419 e. The lowest BCUT2D eigenvalue weighted by Gasteiger charge is -2.18. The Bertz CT molecular complexity index is 312. The van der Waals surface area contributed by atoms with Crippen molar-refractivity contribution in [2.45, 2.75) is 13.0 Å². The molecule has 0 unspecified atom stereocenters. The van der Waals surface area contributed by atoms with Gasteiger partial charge < -0.3 is 5.32 Å². The summed E-state index contributed by atoms with van der Waals surface area (Å²) in [6.07, 6.45) is 1.10. The van der Waals surface area contributed by atoms with E-state index in [1.807, 2.05) is 6.07 Å². The van der Waals surface area contributed by atoms with Gasteiger partial charge in [0.15, 0.2) is 0 Å². The minimum atomic E-state index is 0.861. The maximum atomic E-state index is 5.96. The number of rotatable bonds is 0. The lowest BCUT2D eigenvalue weighted by Crippen LogP contribution is -2.24. The van der Waals surface area contributed by atoms with E-state index >= 15 is 0 Å². The Morgan fingerprint density at radius 2 is 2.25 bits per heavy atom. The van der Waals surface area contributed by atoms with Crippen LogP contribution in [-0.2, 0) is 13.0 Å². The molecule has 12 heavy (non-hydrogen) atoms. The zero-order valence-electron chi connectivity index (χ0n) is 6.53. The van der Waals surface area contributed by atoms with Gasteiger partial charge in [-0.25, -0.2) is 0 Å². The van der Waals surface area contributed by atoms with Gasteiger partial charge in [0.25, 0.3) is 0 Å².